The highest BCUT2D eigenvalue weighted by Gasteiger charge is 2.15. The van der Waals surface area contributed by atoms with Crippen molar-refractivity contribution in [1.29, 1.82) is 0 Å². The Hall–Kier alpha value is -2.36. The van der Waals surface area contributed by atoms with E-state index in [1.807, 2.05) is 30.5 Å². The van der Waals surface area contributed by atoms with Gasteiger partial charge in [0.05, 0.1) is 17.7 Å². The Morgan fingerprint density at radius 2 is 1.72 bits per heavy atom. The molecule has 0 saturated heterocycles. The van der Waals surface area contributed by atoms with E-state index >= 15 is 0 Å². The van der Waals surface area contributed by atoms with Crippen molar-refractivity contribution in [3.05, 3.63) is 48.5 Å². The molecule has 0 saturated carbocycles. The summed E-state index contributed by atoms with van der Waals surface area (Å²) in [6, 6.07) is 13.7. The van der Waals surface area contributed by atoms with E-state index in [2.05, 4.69) is 10.1 Å². The number of rotatable bonds is 5. The summed E-state index contributed by atoms with van der Waals surface area (Å²) in [5.74, 6) is 1.35. The van der Waals surface area contributed by atoms with Crippen LogP contribution in [0.5, 0.6) is 5.75 Å². The molecule has 0 atom stereocenters. The molecule has 9 heteroatoms. The van der Waals surface area contributed by atoms with Crippen molar-refractivity contribution in [2.75, 3.05) is 13.4 Å². The van der Waals surface area contributed by atoms with Gasteiger partial charge in [0.15, 0.2) is 5.82 Å². The Bertz CT molecular complexity index is 981. The average Bonchev–Trinajstić information content (AvgIpc) is 3.05. The van der Waals surface area contributed by atoms with Crippen molar-refractivity contribution in [3.63, 3.8) is 0 Å². The monoisotopic (exact) mass is 376 g/mol. The van der Waals surface area contributed by atoms with E-state index in [1.54, 1.807) is 23.9 Å². The second kappa shape index (κ2) is 6.87. The average molecular weight is 376 g/mol. The van der Waals surface area contributed by atoms with Crippen LogP contribution in [0.4, 0.5) is 0 Å². The first-order valence-corrected chi connectivity index (χ1v) is 9.98. The van der Waals surface area contributed by atoms with Crippen molar-refractivity contribution < 1.29 is 13.2 Å². The van der Waals surface area contributed by atoms with Crippen LogP contribution in [-0.2, 0) is 10.0 Å². The molecule has 1 heterocycles. The molecule has 0 bridgehead atoms. The Morgan fingerprint density at radius 3 is 2.24 bits per heavy atom. The maximum absolute atomic E-state index is 11.4. The van der Waals surface area contributed by atoms with Crippen LogP contribution in [0.2, 0.25) is 0 Å². The SMILES string of the molecule is COc1ccc(-n2nc(SC)nc2-c2ccc(S(N)(=O)=O)cc2)cc1. The van der Waals surface area contributed by atoms with Crippen molar-refractivity contribution in [1.82, 2.24) is 14.8 Å². The van der Waals surface area contributed by atoms with Gasteiger partial charge in [0.2, 0.25) is 15.2 Å². The molecule has 2 aromatic carbocycles. The topological polar surface area (TPSA) is 100 Å². The summed E-state index contributed by atoms with van der Waals surface area (Å²) < 4.78 is 29.7. The fourth-order valence-corrected chi connectivity index (χ4v) is 3.12. The molecule has 0 unspecified atom stereocenters. The summed E-state index contributed by atoms with van der Waals surface area (Å²) in [6.07, 6.45) is 1.89. The van der Waals surface area contributed by atoms with Gasteiger partial charge < -0.3 is 4.74 Å². The summed E-state index contributed by atoms with van der Waals surface area (Å²) in [5, 5.41) is 10.2. The highest BCUT2D eigenvalue weighted by Crippen LogP contribution is 2.26. The predicted molar refractivity (Wildman–Crippen MR) is 96.5 cm³/mol. The molecule has 130 valence electrons. The number of methoxy groups -OCH3 is 1. The minimum absolute atomic E-state index is 0.0526. The van der Waals surface area contributed by atoms with Crippen LogP contribution < -0.4 is 9.88 Å². The Morgan fingerprint density at radius 1 is 1.08 bits per heavy atom. The van der Waals surface area contributed by atoms with Gasteiger partial charge in [-0.25, -0.2) is 23.2 Å². The van der Waals surface area contributed by atoms with Crippen LogP contribution in [0.3, 0.4) is 0 Å². The molecule has 0 aliphatic rings. The zero-order valence-electron chi connectivity index (χ0n) is 13.6. The predicted octanol–water partition coefficient (Wildman–Crippen LogP) is 2.31. The third-order valence-corrected chi connectivity index (χ3v) is 5.00. The quantitative estimate of drug-likeness (QED) is 0.686. The third kappa shape index (κ3) is 3.68. The molecule has 3 rings (SSSR count). The maximum Gasteiger partial charge on any atom is 0.238 e. The lowest BCUT2D eigenvalue weighted by molar-refractivity contribution is 0.414. The fourth-order valence-electron chi connectivity index (χ4n) is 2.26. The maximum atomic E-state index is 11.4. The van der Waals surface area contributed by atoms with Gasteiger partial charge in [-0.05, 0) is 54.8 Å². The molecule has 1 aromatic heterocycles. The lowest BCUT2D eigenvalue weighted by atomic mass is 10.2. The van der Waals surface area contributed by atoms with Gasteiger partial charge in [-0.2, -0.15) is 0 Å². The van der Waals surface area contributed by atoms with Gasteiger partial charge in [0, 0.05) is 5.56 Å². The first kappa shape index (κ1) is 17.5. The van der Waals surface area contributed by atoms with Crippen LogP contribution in [0.1, 0.15) is 0 Å². The first-order valence-electron chi connectivity index (χ1n) is 7.21. The molecular weight excluding hydrogens is 360 g/mol. The number of hydrogen-bond donors (Lipinski definition) is 1. The first-order chi connectivity index (χ1) is 11.9. The van der Waals surface area contributed by atoms with E-state index in [0.717, 1.165) is 17.0 Å². The van der Waals surface area contributed by atoms with E-state index in [0.29, 0.717) is 11.0 Å². The number of hydrogen-bond acceptors (Lipinski definition) is 6. The minimum Gasteiger partial charge on any atom is -0.497 e. The summed E-state index contributed by atoms with van der Waals surface area (Å²) >= 11 is 1.42. The molecule has 7 nitrogen and oxygen atoms in total. The molecule has 0 radical (unpaired) electrons. The number of aromatic nitrogens is 3. The van der Waals surface area contributed by atoms with Gasteiger partial charge in [-0.1, -0.05) is 11.8 Å². The highest BCUT2D eigenvalue weighted by atomic mass is 32.2. The van der Waals surface area contributed by atoms with Crippen molar-refractivity contribution >= 4 is 21.8 Å². The number of primary sulfonamides is 1. The van der Waals surface area contributed by atoms with Gasteiger partial charge in [0.1, 0.15) is 5.75 Å². The minimum atomic E-state index is -3.73. The fraction of sp³-hybridized carbons (Fsp3) is 0.125. The zero-order valence-corrected chi connectivity index (χ0v) is 15.2. The molecule has 3 aromatic rings. The number of nitrogens with two attached hydrogens (primary N) is 1. The van der Waals surface area contributed by atoms with Crippen molar-refractivity contribution in [3.8, 4) is 22.8 Å². The van der Waals surface area contributed by atoms with Crippen LogP contribution in [0.15, 0.2) is 58.6 Å². The number of benzene rings is 2. The van der Waals surface area contributed by atoms with Crippen LogP contribution >= 0.6 is 11.8 Å². The Balaban J connectivity index is 2.08. The lowest BCUT2D eigenvalue weighted by Gasteiger charge is -2.07. The molecule has 0 aliphatic carbocycles. The van der Waals surface area contributed by atoms with Crippen LogP contribution in [0.25, 0.3) is 17.1 Å². The summed E-state index contributed by atoms with van der Waals surface area (Å²) in [4.78, 5) is 4.57. The van der Waals surface area contributed by atoms with E-state index in [1.165, 1.54) is 23.9 Å². The van der Waals surface area contributed by atoms with Crippen molar-refractivity contribution in [2.45, 2.75) is 10.1 Å². The molecule has 0 fully saturated rings. The second-order valence-electron chi connectivity index (χ2n) is 5.10. The number of thioether (sulfide) groups is 1. The summed E-state index contributed by atoms with van der Waals surface area (Å²) in [7, 11) is -2.13. The molecule has 0 spiro atoms. The van der Waals surface area contributed by atoms with Gasteiger partial charge in [0.25, 0.3) is 0 Å². The standard InChI is InChI=1S/C16H16N4O3S2/c1-23-13-7-5-12(6-8-13)20-15(18-16(19-20)24-2)11-3-9-14(10-4-11)25(17,21)22/h3-10H,1-2H3,(H2,17,21,22). The van der Waals surface area contributed by atoms with Gasteiger partial charge in [-0.15, -0.1) is 5.10 Å². The molecule has 2 N–H and O–H groups in total. The normalized spacial score (nSPS) is 11.5. The highest BCUT2D eigenvalue weighted by molar-refractivity contribution is 7.98. The molecule has 25 heavy (non-hydrogen) atoms. The van der Waals surface area contributed by atoms with E-state index in [4.69, 9.17) is 9.88 Å². The Labute approximate surface area is 149 Å². The van der Waals surface area contributed by atoms with Crippen LogP contribution in [-0.4, -0.2) is 36.5 Å². The lowest BCUT2D eigenvalue weighted by Crippen LogP contribution is -2.11. The van der Waals surface area contributed by atoms with E-state index in [9.17, 15) is 8.42 Å². The van der Waals surface area contributed by atoms with Gasteiger partial charge in [-0.3, -0.25) is 0 Å². The van der Waals surface area contributed by atoms with E-state index < -0.39 is 10.0 Å². The smallest absolute Gasteiger partial charge is 0.238 e. The van der Waals surface area contributed by atoms with Gasteiger partial charge >= 0.3 is 0 Å². The number of sulfonamides is 1. The molecular formula is C16H16N4O3S2. The molecule has 0 amide bonds. The van der Waals surface area contributed by atoms with E-state index in [-0.39, 0.29) is 4.90 Å². The largest absolute Gasteiger partial charge is 0.497 e. The molecule has 0 aliphatic heterocycles. The number of ether oxygens (including phenoxy) is 1. The number of nitrogens with zero attached hydrogens (tertiary/aromatic N) is 3. The van der Waals surface area contributed by atoms with Crippen molar-refractivity contribution in [2.24, 2.45) is 5.14 Å². The van der Waals surface area contributed by atoms with Crippen LogP contribution in [0, 0.1) is 0 Å². The summed E-state index contributed by atoms with van der Waals surface area (Å²) in [5.41, 5.74) is 1.55. The zero-order chi connectivity index (χ0) is 18.0. The Kier molecular flexibility index (Phi) is 4.80. The second-order valence-corrected chi connectivity index (χ2v) is 7.44. The summed E-state index contributed by atoms with van der Waals surface area (Å²) in [6.45, 7) is 0. The third-order valence-electron chi connectivity index (χ3n) is 3.53.